The van der Waals surface area contributed by atoms with Gasteiger partial charge in [0.05, 0.1) is 5.56 Å². The Morgan fingerprint density at radius 1 is 1.05 bits per heavy atom. The van der Waals surface area contributed by atoms with Crippen molar-refractivity contribution in [3.8, 4) is 0 Å². The number of ether oxygens (including phenoxy) is 1. The van der Waals surface area contributed by atoms with Gasteiger partial charge in [0, 0.05) is 5.02 Å². The van der Waals surface area contributed by atoms with Gasteiger partial charge in [-0.25, -0.2) is 14.4 Å². The molecular formula is C11H9ClO7. The van der Waals surface area contributed by atoms with Crippen molar-refractivity contribution in [3.63, 3.8) is 0 Å². The second kappa shape index (κ2) is 6.28. The van der Waals surface area contributed by atoms with Crippen molar-refractivity contribution in [1.82, 2.24) is 0 Å². The number of carbonyl (C=O) groups excluding carboxylic acids is 2. The number of aliphatic hydroxyl groups is 2. The molecule has 0 heterocycles. The topological polar surface area (TPSA) is 121 Å². The van der Waals surface area contributed by atoms with Crippen LogP contribution in [0, 0.1) is 0 Å². The zero-order valence-corrected chi connectivity index (χ0v) is 10.1. The predicted octanol–water partition coefficient (Wildman–Crippen LogP) is -0.170. The van der Waals surface area contributed by atoms with Crippen molar-refractivity contribution < 1.29 is 34.4 Å². The van der Waals surface area contributed by atoms with E-state index < -0.39 is 30.1 Å². The fourth-order valence-electron chi connectivity index (χ4n) is 1.06. The van der Waals surface area contributed by atoms with E-state index in [1.165, 1.54) is 24.3 Å². The molecule has 0 aromatic heterocycles. The van der Waals surface area contributed by atoms with E-state index in [-0.39, 0.29) is 5.56 Å². The lowest BCUT2D eigenvalue weighted by molar-refractivity contribution is -0.166. The number of hydrogen-bond donors (Lipinski definition) is 3. The Morgan fingerprint density at radius 3 is 2.05 bits per heavy atom. The zero-order valence-electron chi connectivity index (χ0n) is 9.32. The normalized spacial score (nSPS) is 13.4. The van der Waals surface area contributed by atoms with Crippen molar-refractivity contribution in [3.05, 3.63) is 34.9 Å². The minimum absolute atomic E-state index is 0.0187. The molecule has 0 bridgehead atoms. The van der Waals surface area contributed by atoms with Crippen molar-refractivity contribution in [1.29, 1.82) is 0 Å². The van der Waals surface area contributed by atoms with Crippen LogP contribution in [0.15, 0.2) is 24.3 Å². The van der Waals surface area contributed by atoms with Crippen LogP contribution in [-0.4, -0.2) is 45.4 Å². The average molecular weight is 289 g/mol. The van der Waals surface area contributed by atoms with Gasteiger partial charge in [0.2, 0.25) is 0 Å². The highest BCUT2D eigenvalue weighted by molar-refractivity contribution is 6.30. The molecular weight excluding hydrogens is 280 g/mol. The maximum Gasteiger partial charge on any atom is 0.346 e. The first-order chi connectivity index (χ1) is 8.82. The standard InChI is InChI=1S/C11H9ClO7/c12-6-3-1-5(2-4-6)10(17)19-11(18)8(14)7(13)9(15)16/h1-4,7-8,13-14H,(H,15,16)/t7-,8-/m0/s1. The number of benzene rings is 1. The molecule has 0 unspecified atom stereocenters. The molecule has 0 spiro atoms. The van der Waals surface area contributed by atoms with Crippen LogP contribution in [0.5, 0.6) is 0 Å². The van der Waals surface area contributed by atoms with Gasteiger partial charge >= 0.3 is 17.9 Å². The third-order valence-corrected chi connectivity index (χ3v) is 2.32. The molecule has 7 nitrogen and oxygen atoms in total. The van der Waals surface area contributed by atoms with Gasteiger partial charge in [0.15, 0.2) is 12.2 Å². The summed E-state index contributed by atoms with van der Waals surface area (Å²) >= 11 is 5.59. The Morgan fingerprint density at radius 2 is 1.58 bits per heavy atom. The third-order valence-electron chi connectivity index (χ3n) is 2.07. The van der Waals surface area contributed by atoms with Gasteiger partial charge in [-0.05, 0) is 24.3 Å². The molecule has 8 heteroatoms. The van der Waals surface area contributed by atoms with E-state index >= 15 is 0 Å². The Bertz CT molecular complexity index is 496. The van der Waals surface area contributed by atoms with Crippen LogP contribution in [0.25, 0.3) is 0 Å². The summed E-state index contributed by atoms with van der Waals surface area (Å²) < 4.78 is 4.22. The lowest BCUT2D eigenvalue weighted by Crippen LogP contribution is -2.41. The fraction of sp³-hybridized carbons (Fsp3) is 0.182. The molecule has 3 N–H and O–H groups in total. The van der Waals surface area contributed by atoms with Gasteiger partial charge < -0.3 is 20.1 Å². The highest BCUT2D eigenvalue weighted by Crippen LogP contribution is 2.11. The van der Waals surface area contributed by atoms with E-state index in [0.29, 0.717) is 5.02 Å². The lowest BCUT2D eigenvalue weighted by Gasteiger charge is -2.12. The van der Waals surface area contributed by atoms with E-state index in [2.05, 4.69) is 4.74 Å². The molecule has 102 valence electrons. The fourth-order valence-corrected chi connectivity index (χ4v) is 1.19. The van der Waals surface area contributed by atoms with Crippen molar-refractivity contribution in [2.75, 3.05) is 0 Å². The number of carboxylic acid groups (broad SMARTS) is 1. The van der Waals surface area contributed by atoms with Gasteiger partial charge in [-0.2, -0.15) is 0 Å². The smallest absolute Gasteiger partial charge is 0.346 e. The summed E-state index contributed by atoms with van der Waals surface area (Å²) in [5.41, 5.74) is -0.0187. The molecule has 0 saturated heterocycles. The number of esters is 2. The maximum absolute atomic E-state index is 11.4. The summed E-state index contributed by atoms with van der Waals surface area (Å²) in [5, 5.41) is 26.8. The molecule has 0 amide bonds. The quantitative estimate of drug-likeness (QED) is 0.519. The highest BCUT2D eigenvalue weighted by Gasteiger charge is 2.32. The zero-order chi connectivity index (χ0) is 14.6. The van der Waals surface area contributed by atoms with Crippen LogP contribution in [0.1, 0.15) is 10.4 Å². The van der Waals surface area contributed by atoms with E-state index in [9.17, 15) is 14.4 Å². The molecule has 19 heavy (non-hydrogen) atoms. The molecule has 0 aliphatic heterocycles. The Labute approximate surface area is 112 Å². The molecule has 0 fully saturated rings. The number of rotatable bonds is 4. The summed E-state index contributed by atoms with van der Waals surface area (Å²) in [4.78, 5) is 33.0. The lowest BCUT2D eigenvalue weighted by atomic mass is 10.2. The number of halogens is 1. The molecule has 1 rings (SSSR count). The second-order valence-corrected chi connectivity index (χ2v) is 3.88. The summed E-state index contributed by atoms with van der Waals surface area (Å²) in [6, 6.07) is 5.31. The SMILES string of the molecule is O=C(OC(=O)[C@@H](O)[C@H](O)C(=O)O)c1ccc(Cl)cc1. The molecule has 0 radical (unpaired) electrons. The van der Waals surface area contributed by atoms with Gasteiger partial charge in [-0.1, -0.05) is 11.6 Å². The molecule has 0 aliphatic carbocycles. The second-order valence-electron chi connectivity index (χ2n) is 3.44. The number of aliphatic carboxylic acids is 1. The number of carbonyl (C=O) groups is 3. The van der Waals surface area contributed by atoms with E-state index in [1.807, 2.05) is 0 Å². The highest BCUT2D eigenvalue weighted by atomic mass is 35.5. The van der Waals surface area contributed by atoms with Gasteiger partial charge in [0.25, 0.3) is 0 Å². The number of carboxylic acids is 1. The Kier molecular flexibility index (Phi) is 4.99. The first-order valence-electron chi connectivity index (χ1n) is 4.93. The Hall–Kier alpha value is -1.96. The van der Waals surface area contributed by atoms with Crippen LogP contribution in [0.2, 0.25) is 5.02 Å². The minimum atomic E-state index is -2.37. The van der Waals surface area contributed by atoms with Crippen molar-refractivity contribution in [2.24, 2.45) is 0 Å². The van der Waals surface area contributed by atoms with Gasteiger partial charge in [-0.3, -0.25) is 0 Å². The molecule has 0 aliphatic rings. The molecule has 2 atom stereocenters. The van der Waals surface area contributed by atoms with Gasteiger partial charge in [-0.15, -0.1) is 0 Å². The predicted molar refractivity (Wildman–Crippen MR) is 61.5 cm³/mol. The maximum atomic E-state index is 11.4. The average Bonchev–Trinajstić information content (AvgIpc) is 2.37. The summed E-state index contributed by atoms with van der Waals surface area (Å²) in [7, 11) is 0. The van der Waals surface area contributed by atoms with Crippen LogP contribution in [0.3, 0.4) is 0 Å². The van der Waals surface area contributed by atoms with Crippen molar-refractivity contribution >= 4 is 29.5 Å². The van der Waals surface area contributed by atoms with Crippen LogP contribution >= 0.6 is 11.6 Å². The van der Waals surface area contributed by atoms with Crippen LogP contribution < -0.4 is 0 Å². The van der Waals surface area contributed by atoms with E-state index in [4.69, 9.17) is 26.9 Å². The number of aliphatic hydroxyl groups excluding tert-OH is 2. The minimum Gasteiger partial charge on any atom is -0.479 e. The van der Waals surface area contributed by atoms with Gasteiger partial charge in [0.1, 0.15) is 0 Å². The van der Waals surface area contributed by atoms with E-state index in [0.717, 1.165) is 0 Å². The first-order valence-corrected chi connectivity index (χ1v) is 5.31. The largest absolute Gasteiger partial charge is 0.479 e. The van der Waals surface area contributed by atoms with Crippen LogP contribution in [0.4, 0.5) is 0 Å². The Balaban J connectivity index is 2.69. The van der Waals surface area contributed by atoms with Crippen LogP contribution in [-0.2, 0) is 14.3 Å². The summed E-state index contributed by atoms with van der Waals surface area (Å²) in [6.07, 6.45) is -4.72. The molecule has 1 aromatic carbocycles. The number of hydrogen-bond acceptors (Lipinski definition) is 6. The first kappa shape index (κ1) is 15.1. The monoisotopic (exact) mass is 288 g/mol. The van der Waals surface area contributed by atoms with E-state index in [1.54, 1.807) is 0 Å². The summed E-state index contributed by atoms with van der Waals surface area (Å²) in [6.45, 7) is 0. The van der Waals surface area contributed by atoms with Crippen molar-refractivity contribution in [2.45, 2.75) is 12.2 Å². The molecule has 1 aromatic rings. The summed E-state index contributed by atoms with van der Waals surface area (Å²) in [5.74, 6) is -4.48. The third kappa shape index (κ3) is 4.02. The molecule has 0 saturated carbocycles.